The molecule has 5 N–H and O–H groups in total. The van der Waals surface area contributed by atoms with Crippen molar-refractivity contribution >= 4 is 27.9 Å². The summed E-state index contributed by atoms with van der Waals surface area (Å²) in [6.45, 7) is 0. The van der Waals surface area contributed by atoms with Gasteiger partial charge in [-0.2, -0.15) is 0 Å². The Labute approximate surface area is 91.4 Å². The molecule has 5 nitrogen and oxygen atoms in total. The normalized spacial score (nSPS) is 15.0. The van der Waals surface area contributed by atoms with Crippen LogP contribution in [0.5, 0.6) is 5.75 Å². The summed E-state index contributed by atoms with van der Waals surface area (Å²) in [5.41, 5.74) is 11.3. The zero-order valence-corrected chi connectivity index (χ0v) is 9.19. The molecule has 6 heteroatoms. The average molecular weight is 227 g/mol. The first kappa shape index (κ1) is 10.1. The van der Waals surface area contributed by atoms with E-state index >= 15 is 0 Å². The van der Waals surface area contributed by atoms with Gasteiger partial charge in [-0.15, -0.1) is 11.3 Å². The van der Waals surface area contributed by atoms with Gasteiger partial charge in [0.2, 0.25) is 0 Å². The molecule has 1 aliphatic rings. The second kappa shape index (κ2) is 3.62. The third-order valence-corrected chi connectivity index (χ3v) is 3.37. The maximum Gasteiger partial charge on any atom is 0.261 e. The Kier molecular flexibility index (Phi) is 2.44. The second-order valence-corrected chi connectivity index (χ2v) is 4.51. The summed E-state index contributed by atoms with van der Waals surface area (Å²) in [6, 6.07) is 0.484. The van der Waals surface area contributed by atoms with Gasteiger partial charge in [0.25, 0.3) is 5.91 Å². The minimum Gasteiger partial charge on any atom is -0.492 e. The third-order valence-electron chi connectivity index (χ3n) is 2.24. The number of hydrogen-bond acceptors (Lipinski definition) is 5. The molecule has 1 aromatic heterocycles. The molecule has 15 heavy (non-hydrogen) atoms. The van der Waals surface area contributed by atoms with E-state index in [2.05, 4.69) is 5.32 Å². The number of primary amides is 1. The number of nitrogens with two attached hydrogens (primary N) is 2. The summed E-state index contributed by atoms with van der Waals surface area (Å²) in [5.74, 6) is 0.0142. The molecule has 0 aromatic carbocycles. The molecule has 1 aliphatic carbocycles. The molecule has 82 valence electrons. The lowest BCUT2D eigenvalue weighted by Crippen LogP contribution is -2.10. The van der Waals surface area contributed by atoms with Crippen LogP contribution in [0.2, 0.25) is 0 Å². The third kappa shape index (κ3) is 1.85. The van der Waals surface area contributed by atoms with Crippen LogP contribution in [-0.2, 0) is 0 Å². The molecule has 2 rings (SSSR count). The van der Waals surface area contributed by atoms with Gasteiger partial charge in [0.05, 0.1) is 7.11 Å². The van der Waals surface area contributed by atoms with E-state index in [1.165, 1.54) is 18.4 Å². The summed E-state index contributed by atoms with van der Waals surface area (Å²) < 4.78 is 5.15. The van der Waals surface area contributed by atoms with Crippen LogP contribution >= 0.6 is 11.3 Å². The van der Waals surface area contributed by atoms with Crippen molar-refractivity contribution in [3.63, 3.8) is 0 Å². The first-order chi connectivity index (χ1) is 7.13. The van der Waals surface area contributed by atoms with E-state index < -0.39 is 5.91 Å². The Morgan fingerprint density at radius 1 is 1.60 bits per heavy atom. The number of methoxy groups -OCH3 is 1. The van der Waals surface area contributed by atoms with Crippen molar-refractivity contribution in [1.82, 2.24) is 0 Å². The fourth-order valence-electron chi connectivity index (χ4n) is 1.32. The Morgan fingerprint density at radius 3 is 2.73 bits per heavy atom. The number of rotatable bonds is 4. The molecule has 0 aliphatic heterocycles. The second-order valence-electron chi connectivity index (χ2n) is 3.49. The van der Waals surface area contributed by atoms with Crippen molar-refractivity contribution in [2.45, 2.75) is 18.9 Å². The van der Waals surface area contributed by atoms with E-state index in [4.69, 9.17) is 16.2 Å². The van der Waals surface area contributed by atoms with Crippen LogP contribution in [0.15, 0.2) is 0 Å². The van der Waals surface area contributed by atoms with Gasteiger partial charge in [0.15, 0.2) is 5.75 Å². The number of anilines is 2. The van der Waals surface area contributed by atoms with Gasteiger partial charge >= 0.3 is 0 Å². The van der Waals surface area contributed by atoms with Gasteiger partial charge in [-0.1, -0.05) is 0 Å². The van der Waals surface area contributed by atoms with E-state index in [-0.39, 0.29) is 0 Å². The van der Waals surface area contributed by atoms with Crippen LogP contribution < -0.4 is 21.5 Å². The largest absolute Gasteiger partial charge is 0.492 e. The van der Waals surface area contributed by atoms with Crippen molar-refractivity contribution in [2.75, 3.05) is 18.2 Å². The van der Waals surface area contributed by atoms with Crippen LogP contribution in [0.3, 0.4) is 0 Å². The number of nitrogens with one attached hydrogen (secondary N) is 1. The number of carbonyl (C=O) groups excluding carboxylic acids is 1. The quantitative estimate of drug-likeness (QED) is 0.716. The van der Waals surface area contributed by atoms with Gasteiger partial charge in [-0.25, -0.2) is 0 Å². The molecule has 0 atom stereocenters. The van der Waals surface area contributed by atoms with Gasteiger partial charge in [-0.3, -0.25) is 4.79 Å². The van der Waals surface area contributed by atoms with Crippen molar-refractivity contribution in [2.24, 2.45) is 5.73 Å². The van der Waals surface area contributed by atoms with Gasteiger partial charge in [0.1, 0.15) is 15.6 Å². The Hall–Kier alpha value is -1.43. The van der Waals surface area contributed by atoms with Crippen LogP contribution in [0.1, 0.15) is 22.5 Å². The van der Waals surface area contributed by atoms with Crippen LogP contribution in [-0.4, -0.2) is 19.1 Å². The minimum absolute atomic E-state index is 0.332. The summed E-state index contributed by atoms with van der Waals surface area (Å²) in [5, 5.41) is 4.05. The van der Waals surface area contributed by atoms with E-state index in [1.807, 2.05) is 0 Å². The summed E-state index contributed by atoms with van der Waals surface area (Å²) in [7, 11) is 1.53. The molecule has 0 spiro atoms. The topological polar surface area (TPSA) is 90.4 Å². The van der Waals surface area contributed by atoms with Crippen molar-refractivity contribution in [3.8, 4) is 5.75 Å². The predicted molar refractivity (Wildman–Crippen MR) is 60.4 cm³/mol. The molecule has 1 heterocycles. The van der Waals surface area contributed by atoms with Gasteiger partial charge in [-0.05, 0) is 12.8 Å². The SMILES string of the molecule is COc1c(NC2CC2)sc(C(N)=O)c1N. The van der Waals surface area contributed by atoms with Gasteiger partial charge in [0, 0.05) is 6.04 Å². The standard InChI is InChI=1S/C9H13N3O2S/c1-14-6-5(10)7(8(11)13)15-9(6)12-4-2-3-4/h4,12H,2-3,10H2,1H3,(H2,11,13). The summed E-state index contributed by atoms with van der Waals surface area (Å²) in [6.07, 6.45) is 2.29. The molecule has 1 aromatic rings. The first-order valence-electron chi connectivity index (χ1n) is 4.66. The highest BCUT2D eigenvalue weighted by molar-refractivity contribution is 7.19. The van der Waals surface area contributed by atoms with E-state index in [9.17, 15) is 4.79 Å². The molecule has 0 saturated heterocycles. The predicted octanol–water partition coefficient (Wildman–Crippen LogP) is 1.01. The lowest BCUT2D eigenvalue weighted by molar-refractivity contribution is 0.100. The Morgan fingerprint density at radius 2 is 2.27 bits per heavy atom. The van der Waals surface area contributed by atoms with Crippen LogP contribution in [0.4, 0.5) is 10.7 Å². The Balaban J connectivity index is 2.34. The smallest absolute Gasteiger partial charge is 0.261 e. The van der Waals surface area contributed by atoms with E-state index in [1.54, 1.807) is 0 Å². The zero-order valence-electron chi connectivity index (χ0n) is 8.37. The molecule has 1 saturated carbocycles. The number of hydrogen-bond donors (Lipinski definition) is 3. The lowest BCUT2D eigenvalue weighted by Gasteiger charge is -2.04. The molecule has 0 bridgehead atoms. The van der Waals surface area contributed by atoms with Crippen LogP contribution in [0, 0.1) is 0 Å². The number of nitrogen functional groups attached to an aromatic ring is 1. The zero-order chi connectivity index (χ0) is 11.0. The molecular formula is C9H13N3O2S. The van der Waals surface area contributed by atoms with E-state index in [0.29, 0.717) is 22.4 Å². The highest BCUT2D eigenvalue weighted by atomic mass is 32.1. The van der Waals surface area contributed by atoms with Crippen LogP contribution in [0.25, 0.3) is 0 Å². The summed E-state index contributed by atoms with van der Waals surface area (Å²) in [4.78, 5) is 11.4. The monoisotopic (exact) mass is 227 g/mol. The Bertz CT molecular complexity index is 398. The molecule has 1 fully saturated rings. The molecule has 0 unspecified atom stereocenters. The fraction of sp³-hybridized carbons (Fsp3) is 0.444. The first-order valence-corrected chi connectivity index (χ1v) is 5.47. The summed E-state index contributed by atoms with van der Waals surface area (Å²) >= 11 is 1.25. The number of ether oxygens (including phenoxy) is 1. The average Bonchev–Trinajstić information content (AvgIpc) is 2.91. The lowest BCUT2D eigenvalue weighted by atomic mass is 10.3. The number of amides is 1. The van der Waals surface area contributed by atoms with Crippen molar-refractivity contribution in [1.29, 1.82) is 0 Å². The fourth-order valence-corrected chi connectivity index (χ4v) is 2.34. The molecular weight excluding hydrogens is 214 g/mol. The van der Waals surface area contributed by atoms with E-state index in [0.717, 1.165) is 17.8 Å². The molecule has 1 amide bonds. The minimum atomic E-state index is -0.514. The van der Waals surface area contributed by atoms with Gasteiger partial charge < -0.3 is 21.5 Å². The van der Waals surface area contributed by atoms with Crippen molar-refractivity contribution in [3.05, 3.63) is 4.88 Å². The maximum atomic E-state index is 11.1. The maximum absolute atomic E-state index is 11.1. The number of carbonyl (C=O) groups is 1. The highest BCUT2D eigenvalue weighted by Gasteiger charge is 2.26. The number of thiophene rings is 1. The molecule has 0 radical (unpaired) electrons. The highest BCUT2D eigenvalue weighted by Crippen LogP contribution is 2.44. The van der Waals surface area contributed by atoms with Crippen molar-refractivity contribution < 1.29 is 9.53 Å².